The number of benzene rings is 1. The fraction of sp³-hybridized carbons (Fsp3) is 0.0588. The molecule has 0 atom stereocenters. The standard InChI is InChI=1S/C17H14BrN3S2/c1-2-8-19-17-21(20-10-13-7-9-22-11-13)16(12-23-17)14-3-5-15(18)6-4-14/h2-7,9-12H,1,8H2. The van der Waals surface area contributed by atoms with Crippen molar-refractivity contribution in [3.8, 4) is 11.3 Å². The highest BCUT2D eigenvalue weighted by Crippen LogP contribution is 2.22. The Bertz CT molecular complexity index is 871. The van der Waals surface area contributed by atoms with Crippen molar-refractivity contribution < 1.29 is 0 Å². The van der Waals surface area contributed by atoms with Crippen molar-refractivity contribution >= 4 is 44.8 Å². The summed E-state index contributed by atoms with van der Waals surface area (Å²) < 4.78 is 2.94. The molecule has 0 radical (unpaired) electrons. The monoisotopic (exact) mass is 403 g/mol. The van der Waals surface area contributed by atoms with Crippen molar-refractivity contribution in [3.63, 3.8) is 0 Å². The van der Waals surface area contributed by atoms with Crippen molar-refractivity contribution in [3.05, 3.63) is 74.0 Å². The van der Waals surface area contributed by atoms with Crippen LogP contribution in [0, 0.1) is 0 Å². The van der Waals surface area contributed by atoms with E-state index in [1.165, 1.54) is 0 Å². The zero-order valence-corrected chi connectivity index (χ0v) is 15.4. The van der Waals surface area contributed by atoms with E-state index in [1.807, 2.05) is 34.5 Å². The smallest absolute Gasteiger partial charge is 0.206 e. The number of rotatable bonds is 5. The molecule has 0 aliphatic heterocycles. The molecule has 6 heteroatoms. The van der Waals surface area contributed by atoms with E-state index < -0.39 is 0 Å². The van der Waals surface area contributed by atoms with Gasteiger partial charge in [0.1, 0.15) is 0 Å². The molecule has 0 spiro atoms. The molecule has 0 saturated heterocycles. The van der Waals surface area contributed by atoms with Gasteiger partial charge in [0.15, 0.2) is 0 Å². The SMILES string of the molecule is C=CCN=c1scc(-c2ccc(Br)cc2)n1N=Cc1ccsc1. The molecule has 0 bridgehead atoms. The minimum Gasteiger partial charge on any atom is -0.253 e. The van der Waals surface area contributed by atoms with Gasteiger partial charge in [-0.3, -0.25) is 4.99 Å². The van der Waals surface area contributed by atoms with Crippen LogP contribution in [0.3, 0.4) is 0 Å². The number of thiophene rings is 1. The Morgan fingerprint density at radius 1 is 1.17 bits per heavy atom. The summed E-state index contributed by atoms with van der Waals surface area (Å²) in [5, 5.41) is 10.8. The van der Waals surface area contributed by atoms with Crippen LogP contribution in [0.5, 0.6) is 0 Å². The van der Waals surface area contributed by atoms with Gasteiger partial charge in [-0.25, -0.2) is 4.68 Å². The Balaban J connectivity index is 2.07. The average molecular weight is 404 g/mol. The highest BCUT2D eigenvalue weighted by Gasteiger charge is 2.07. The van der Waals surface area contributed by atoms with Gasteiger partial charge in [0.25, 0.3) is 0 Å². The fourth-order valence-electron chi connectivity index (χ4n) is 1.95. The minimum absolute atomic E-state index is 0.578. The summed E-state index contributed by atoms with van der Waals surface area (Å²) in [6, 6.07) is 10.2. The molecular formula is C17H14BrN3S2. The molecule has 0 aliphatic carbocycles. The zero-order chi connectivity index (χ0) is 16.1. The maximum Gasteiger partial charge on any atom is 0.206 e. The van der Waals surface area contributed by atoms with E-state index in [4.69, 9.17) is 0 Å². The third kappa shape index (κ3) is 3.96. The molecule has 0 amide bonds. The van der Waals surface area contributed by atoms with Crippen molar-refractivity contribution in [1.29, 1.82) is 0 Å². The topological polar surface area (TPSA) is 29.6 Å². The third-order valence-electron chi connectivity index (χ3n) is 3.05. The fourth-order valence-corrected chi connectivity index (χ4v) is 3.68. The number of halogens is 1. The molecule has 0 fully saturated rings. The molecule has 0 N–H and O–H groups in total. The van der Waals surface area contributed by atoms with Gasteiger partial charge in [0, 0.05) is 21.0 Å². The molecule has 23 heavy (non-hydrogen) atoms. The first kappa shape index (κ1) is 16.1. The second-order valence-electron chi connectivity index (χ2n) is 4.65. The molecule has 3 nitrogen and oxygen atoms in total. The molecule has 0 aliphatic rings. The number of aromatic nitrogens is 1. The average Bonchev–Trinajstić information content (AvgIpc) is 3.21. The van der Waals surface area contributed by atoms with Crippen LogP contribution in [-0.4, -0.2) is 17.4 Å². The lowest BCUT2D eigenvalue weighted by molar-refractivity contribution is 0.840. The Hall–Kier alpha value is -1.76. The van der Waals surface area contributed by atoms with Gasteiger partial charge in [-0.05, 0) is 29.0 Å². The lowest BCUT2D eigenvalue weighted by Gasteiger charge is -2.03. The van der Waals surface area contributed by atoms with Gasteiger partial charge < -0.3 is 0 Å². The zero-order valence-electron chi connectivity index (χ0n) is 12.2. The summed E-state index contributed by atoms with van der Waals surface area (Å²) in [5.74, 6) is 0. The molecule has 1 aromatic carbocycles. The third-order valence-corrected chi connectivity index (χ3v) is 5.13. The summed E-state index contributed by atoms with van der Waals surface area (Å²) in [7, 11) is 0. The first-order chi connectivity index (χ1) is 11.3. The van der Waals surface area contributed by atoms with E-state index in [-0.39, 0.29) is 0 Å². The van der Waals surface area contributed by atoms with Crippen LogP contribution in [0.25, 0.3) is 11.3 Å². The van der Waals surface area contributed by atoms with Crippen LogP contribution >= 0.6 is 38.6 Å². The maximum absolute atomic E-state index is 4.63. The lowest BCUT2D eigenvalue weighted by atomic mass is 10.2. The molecule has 2 heterocycles. The van der Waals surface area contributed by atoms with Crippen LogP contribution in [0.15, 0.2) is 73.7 Å². The van der Waals surface area contributed by atoms with E-state index >= 15 is 0 Å². The Morgan fingerprint density at radius 2 is 2.00 bits per heavy atom. The lowest BCUT2D eigenvalue weighted by Crippen LogP contribution is -2.12. The Labute approximate surface area is 151 Å². The molecule has 2 aromatic heterocycles. The van der Waals surface area contributed by atoms with E-state index in [2.05, 4.69) is 55.5 Å². The Morgan fingerprint density at radius 3 is 2.70 bits per heavy atom. The van der Waals surface area contributed by atoms with Gasteiger partial charge in [0.05, 0.1) is 18.5 Å². The number of nitrogens with zero attached hydrogens (tertiary/aromatic N) is 3. The van der Waals surface area contributed by atoms with Crippen LogP contribution in [0.2, 0.25) is 0 Å². The van der Waals surface area contributed by atoms with E-state index in [1.54, 1.807) is 28.7 Å². The summed E-state index contributed by atoms with van der Waals surface area (Å²) in [6.45, 7) is 4.30. The van der Waals surface area contributed by atoms with Crippen molar-refractivity contribution in [2.45, 2.75) is 0 Å². The molecule has 0 saturated carbocycles. The summed E-state index contributed by atoms with van der Waals surface area (Å²) in [6.07, 6.45) is 3.64. The van der Waals surface area contributed by atoms with E-state index in [9.17, 15) is 0 Å². The summed E-state index contributed by atoms with van der Waals surface area (Å²) in [4.78, 5) is 5.39. The predicted octanol–water partition coefficient (Wildman–Crippen LogP) is 5.01. The normalized spacial score (nSPS) is 12.1. The molecular weight excluding hydrogens is 390 g/mol. The van der Waals surface area contributed by atoms with Crippen LogP contribution in [-0.2, 0) is 0 Å². The summed E-state index contributed by atoms with van der Waals surface area (Å²) >= 11 is 6.71. The largest absolute Gasteiger partial charge is 0.253 e. The van der Waals surface area contributed by atoms with E-state index in [0.717, 1.165) is 26.1 Å². The number of hydrogen-bond donors (Lipinski definition) is 0. The Kier molecular flexibility index (Phi) is 5.38. The first-order valence-electron chi connectivity index (χ1n) is 6.92. The summed E-state index contributed by atoms with van der Waals surface area (Å²) in [5.41, 5.74) is 3.22. The van der Waals surface area contributed by atoms with Gasteiger partial charge >= 0.3 is 0 Å². The molecule has 0 unspecified atom stereocenters. The van der Waals surface area contributed by atoms with Crippen LogP contribution < -0.4 is 4.80 Å². The molecule has 3 rings (SSSR count). The first-order valence-corrected chi connectivity index (χ1v) is 9.54. The second kappa shape index (κ2) is 7.68. The van der Waals surface area contributed by atoms with Crippen molar-refractivity contribution in [2.24, 2.45) is 10.1 Å². The van der Waals surface area contributed by atoms with Gasteiger partial charge in [-0.2, -0.15) is 16.4 Å². The highest BCUT2D eigenvalue weighted by molar-refractivity contribution is 9.10. The number of hydrogen-bond acceptors (Lipinski definition) is 4. The van der Waals surface area contributed by atoms with Crippen molar-refractivity contribution in [2.75, 3.05) is 6.54 Å². The molecule has 3 aromatic rings. The van der Waals surface area contributed by atoms with Gasteiger partial charge in [0.2, 0.25) is 4.80 Å². The maximum atomic E-state index is 4.63. The predicted molar refractivity (Wildman–Crippen MR) is 103 cm³/mol. The number of thiazole rings is 1. The second-order valence-corrected chi connectivity index (χ2v) is 7.19. The van der Waals surface area contributed by atoms with E-state index in [0.29, 0.717) is 6.54 Å². The highest BCUT2D eigenvalue weighted by atomic mass is 79.9. The van der Waals surface area contributed by atoms with Gasteiger partial charge in [-0.15, -0.1) is 17.9 Å². The van der Waals surface area contributed by atoms with Crippen molar-refractivity contribution in [1.82, 2.24) is 4.68 Å². The van der Waals surface area contributed by atoms with Crippen LogP contribution in [0.4, 0.5) is 0 Å². The van der Waals surface area contributed by atoms with Gasteiger partial charge in [-0.1, -0.05) is 34.1 Å². The van der Waals surface area contributed by atoms with Crippen LogP contribution in [0.1, 0.15) is 5.56 Å². The quantitative estimate of drug-likeness (QED) is 0.423. The minimum atomic E-state index is 0.578. The molecule has 116 valence electrons.